The Morgan fingerprint density at radius 2 is 2.00 bits per heavy atom. The van der Waals surface area contributed by atoms with Gasteiger partial charge in [0.15, 0.2) is 0 Å². The van der Waals surface area contributed by atoms with Crippen LogP contribution in [0.4, 0.5) is 8.78 Å². The van der Waals surface area contributed by atoms with E-state index in [9.17, 15) is 17.2 Å². The molecular weight excluding hydrogens is 394 g/mol. The average molecular weight is 410 g/mol. The third-order valence-electron chi connectivity index (χ3n) is 4.81. The van der Waals surface area contributed by atoms with Gasteiger partial charge >= 0.3 is 0 Å². The molecule has 0 spiro atoms. The molecule has 27 heavy (non-hydrogen) atoms. The van der Waals surface area contributed by atoms with Gasteiger partial charge in [-0.2, -0.15) is 0 Å². The lowest BCUT2D eigenvalue weighted by molar-refractivity contribution is 0.112. The summed E-state index contributed by atoms with van der Waals surface area (Å²) >= 11 is 0.966. The molecule has 1 N–H and O–H groups in total. The Labute approximate surface area is 159 Å². The van der Waals surface area contributed by atoms with Gasteiger partial charge in [0.1, 0.15) is 9.90 Å². The lowest BCUT2D eigenvalue weighted by Crippen LogP contribution is -2.29. The highest BCUT2D eigenvalue weighted by Gasteiger charge is 2.53. The summed E-state index contributed by atoms with van der Waals surface area (Å²) in [6.45, 7) is 2.02. The first kappa shape index (κ1) is 18.3. The lowest BCUT2D eigenvalue weighted by atomic mass is 9.98. The molecule has 1 fully saturated rings. The maximum Gasteiger partial charge on any atom is 0.298 e. The number of aromatic nitrogens is 1. The van der Waals surface area contributed by atoms with Crippen LogP contribution in [0.5, 0.6) is 0 Å². The summed E-state index contributed by atoms with van der Waals surface area (Å²) in [7, 11) is -3.71. The summed E-state index contributed by atoms with van der Waals surface area (Å²) in [5.41, 5.74) is 1.05. The van der Waals surface area contributed by atoms with Crippen molar-refractivity contribution in [2.24, 2.45) is 0 Å². The summed E-state index contributed by atoms with van der Waals surface area (Å²) in [6, 6.07) is 13.7. The fourth-order valence-corrected chi connectivity index (χ4v) is 5.65. The van der Waals surface area contributed by atoms with Gasteiger partial charge in [0.25, 0.3) is 6.43 Å². The first-order valence-electron chi connectivity index (χ1n) is 8.22. The highest BCUT2D eigenvalue weighted by atomic mass is 32.2. The summed E-state index contributed by atoms with van der Waals surface area (Å²) in [5.74, 6) is -0.544. The predicted octanol–water partition coefficient (Wildman–Crippen LogP) is 4.35. The minimum Gasteiger partial charge on any atom is -0.355 e. The number of thiophene rings is 1. The summed E-state index contributed by atoms with van der Waals surface area (Å²) in [4.78, 5) is 0.452. The van der Waals surface area contributed by atoms with E-state index < -0.39 is 22.2 Å². The molecule has 0 radical (unpaired) electrons. The molecular formula is C18H16F2N2O3S2. The molecule has 2 heterocycles. The van der Waals surface area contributed by atoms with Crippen molar-refractivity contribution < 1.29 is 21.7 Å². The standard InChI is InChI=1S/C18H16F2N2O3S2/c1-18(11-5-3-2-4-6-11)10-15(18)22-27(23,24)16-8-7-14(26-16)12-9-13(17(19)20)25-21-12/h2-9,15,17,22H,10H2,1H3/t15-,18+/m0/s1. The van der Waals surface area contributed by atoms with Crippen LogP contribution >= 0.6 is 11.3 Å². The van der Waals surface area contributed by atoms with Crippen molar-refractivity contribution in [3.05, 3.63) is 59.9 Å². The number of hydrogen-bond donors (Lipinski definition) is 1. The molecule has 9 heteroatoms. The van der Waals surface area contributed by atoms with E-state index in [1.807, 2.05) is 37.3 Å². The van der Waals surface area contributed by atoms with E-state index in [1.54, 1.807) is 0 Å². The fraction of sp³-hybridized carbons (Fsp3) is 0.278. The average Bonchev–Trinajstić information content (AvgIpc) is 3.08. The normalized spacial score (nSPS) is 22.3. The Bertz CT molecular complexity index is 1060. The van der Waals surface area contributed by atoms with Gasteiger partial charge in [-0.25, -0.2) is 21.9 Å². The first-order valence-corrected chi connectivity index (χ1v) is 10.5. The van der Waals surface area contributed by atoms with Gasteiger partial charge in [-0.15, -0.1) is 11.3 Å². The summed E-state index contributed by atoms with van der Waals surface area (Å²) in [6.07, 6.45) is -2.04. The number of nitrogens with one attached hydrogen (secondary N) is 1. The van der Waals surface area contributed by atoms with Crippen molar-refractivity contribution in [1.82, 2.24) is 9.88 Å². The molecule has 4 rings (SSSR count). The molecule has 1 aliphatic carbocycles. The molecule has 3 aromatic rings. The van der Waals surface area contributed by atoms with Crippen LogP contribution in [0, 0.1) is 0 Å². The van der Waals surface area contributed by atoms with E-state index >= 15 is 0 Å². The van der Waals surface area contributed by atoms with Gasteiger partial charge in [-0.3, -0.25) is 0 Å². The minimum atomic E-state index is -3.71. The van der Waals surface area contributed by atoms with E-state index in [1.165, 1.54) is 12.1 Å². The molecule has 0 amide bonds. The van der Waals surface area contributed by atoms with Crippen LogP contribution in [-0.4, -0.2) is 19.6 Å². The SMILES string of the molecule is C[C@]1(c2ccccc2)C[C@@H]1NS(=O)(=O)c1ccc(-c2cc(C(F)F)on2)s1. The molecule has 2 atom stereocenters. The molecule has 0 saturated heterocycles. The van der Waals surface area contributed by atoms with E-state index in [4.69, 9.17) is 0 Å². The quantitative estimate of drug-likeness (QED) is 0.656. The van der Waals surface area contributed by atoms with Gasteiger partial charge < -0.3 is 4.52 Å². The molecule has 1 saturated carbocycles. The maximum absolute atomic E-state index is 12.7. The largest absolute Gasteiger partial charge is 0.355 e. The van der Waals surface area contributed by atoms with Gasteiger partial charge in [0.05, 0.1) is 4.88 Å². The van der Waals surface area contributed by atoms with Gasteiger partial charge in [-0.1, -0.05) is 42.4 Å². The molecule has 0 bridgehead atoms. The molecule has 5 nitrogen and oxygen atoms in total. The van der Waals surface area contributed by atoms with Gasteiger partial charge in [-0.05, 0) is 24.1 Å². The molecule has 0 unspecified atom stereocenters. The highest BCUT2D eigenvalue weighted by Crippen LogP contribution is 2.48. The lowest BCUT2D eigenvalue weighted by Gasteiger charge is -2.12. The van der Waals surface area contributed by atoms with Crippen LogP contribution in [0.15, 0.2) is 57.3 Å². The van der Waals surface area contributed by atoms with E-state index in [0.717, 1.165) is 29.4 Å². The molecule has 1 aromatic carbocycles. The van der Waals surface area contributed by atoms with Crippen molar-refractivity contribution in [3.8, 4) is 10.6 Å². The third kappa shape index (κ3) is 3.42. The highest BCUT2D eigenvalue weighted by molar-refractivity contribution is 7.91. The second-order valence-corrected chi connectivity index (χ2v) is 9.72. The van der Waals surface area contributed by atoms with Crippen molar-refractivity contribution in [2.75, 3.05) is 0 Å². The number of nitrogens with zero attached hydrogens (tertiary/aromatic N) is 1. The third-order valence-corrected chi connectivity index (χ3v) is 7.88. The van der Waals surface area contributed by atoms with Crippen LogP contribution in [0.2, 0.25) is 0 Å². The fourth-order valence-electron chi connectivity index (χ4n) is 3.03. The zero-order chi connectivity index (χ0) is 19.2. The van der Waals surface area contributed by atoms with Crippen LogP contribution < -0.4 is 4.72 Å². The van der Waals surface area contributed by atoms with Crippen molar-refractivity contribution >= 4 is 21.4 Å². The Morgan fingerprint density at radius 3 is 2.67 bits per heavy atom. The molecule has 142 valence electrons. The monoisotopic (exact) mass is 410 g/mol. The topological polar surface area (TPSA) is 72.2 Å². The summed E-state index contributed by atoms with van der Waals surface area (Å²) in [5, 5.41) is 3.58. The zero-order valence-electron chi connectivity index (χ0n) is 14.2. The van der Waals surface area contributed by atoms with E-state index in [2.05, 4.69) is 14.4 Å². The number of benzene rings is 1. The molecule has 2 aromatic heterocycles. The Balaban J connectivity index is 1.51. The number of sulfonamides is 1. The predicted molar refractivity (Wildman–Crippen MR) is 97.3 cm³/mol. The Morgan fingerprint density at radius 1 is 1.26 bits per heavy atom. The Hall–Kier alpha value is -2.10. The zero-order valence-corrected chi connectivity index (χ0v) is 15.9. The van der Waals surface area contributed by atoms with Gasteiger partial charge in [0, 0.05) is 17.5 Å². The Kier molecular flexibility index (Phi) is 4.40. The van der Waals surface area contributed by atoms with Gasteiger partial charge in [0.2, 0.25) is 15.8 Å². The molecule has 1 aliphatic rings. The second kappa shape index (κ2) is 6.50. The first-order chi connectivity index (χ1) is 12.8. The summed E-state index contributed by atoms with van der Waals surface area (Å²) < 4.78 is 58.0. The number of halogens is 2. The van der Waals surface area contributed by atoms with Crippen molar-refractivity contribution in [2.45, 2.75) is 35.4 Å². The van der Waals surface area contributed by atoms with E-state index in [0.29, 0.717) is 4.88 Å². The van der Waals surface area contributed by atoms with Crippen molar-refractivity contribution in [1.29, 1.82) is 0 Å². The van der Waals surface area contributed by atoms with Crippen molar-refractivity contribution in [3.63, 3.8) is 0 Å². The van der Waals surface area contributed by atoms with Crippen LogP contribution in [0.1, 0.15) is 31.1 Å². The maximum atomic E-state index is 12.7. The van der Waals surface area contributed by atoms with Crippen LogP contribution in [0.25, 0.3) is 10.6 Å². The number of rotatable bonds is 6. The smallest absolute Gasteiger partial charge is 0.298 e. The minimum absolute atomic E-state index is 0.112. The molecule has 0 aliphatic heterocycles. The van der Waals surface area contributed by atoms with E-state index in [-0.39, 0.29) is 21.4 Å². The van der Waals surface area contributed by atoms with Crippen LogP contribution in [-0.2, 0) is 15.4 Å². The van der Waals surface area contributed by atoms with Crippen LogP contribution in [0.3, 0.4) is 0 Å². The number of alkyl halides is 2. The number of hydrogen-bond acceptors (Lipinski definition) is 5. The second-order valence-electron chi connectivity index (χ2n) is 6.70.